The van der Waals surface area contributed by atoms with E-state index in [2.05, 4.69) is 10.3 Å². The molecule has 3 rings (SSSR count). The molecule has 18 heavy (non-hydrogen) atoms. The van der Waals surface area contributed by atoms with Gasteiger partial charge in [0.2, 0.25) is 0 Å². The average Bonchev–Trinajstić information content (AvgIpc) is 3.07. The molecule has 0 spiro atoms. The number of carbonyl (C=O) groups is 1. The van der Waals surface area contributed by atoms with E-state index in [1.165, 1.54) is 0 Å². The highest BCUT2D eigenvalue weighted by atomic mass is 16.3. The Kier molecular flexibility index (Phi) is 2.76. The fourth-order valence-electron chi connectivity index (χ4n) is 2.07. The van der Waals surface area contributed by atoms with Crippen molar-refractivity contribution in [1.82, 2.24) is 19.8 Å². The van der Waals surface area contributed by atoms with Crippen molar-refractivity contribution in [3.8, 4) is 11.6 Å². The molecule has 2 amide bonds. The van der Waals surface area contributed by atoms with Crippen LogP contribution < -0.4 is 5.32 Å². The summed E-state index contributed by atoms with van der Waals surface area (Å²) in [6.07, 6.45) is 5.26. The highest BCUT2D eigenvalue weighted by Crippen LogP contribution is 2.17. The molecule has 2 aromatic heterocycles. The normalized spacial score (nSPS) is 15.1. The van der Waals surface area contributed by atoms with Crippen LogP contribution in [0.1, 0.15) is 0 Å². The van der Waals surface area contributed by atoms with Gasteiger partial charge in [-0.1, -0.05) is 0 Å². The maximum absolute atomic E-state index is 11.4. The molecule has 6 nitrogen and oxygen atoms in total. The molecule has 0 radical (unpaired) electrons. The van der Waals surface area contributed by atoms with Crippen molar-refractivity contribution >= 4 is 6.03 Å². The number of rotatable bonds is 4. The molecule has 0 unspecified atom stereocenters. The standard InChI is InChI=1S/C12H14N4O2/c17-12-14-4-6-16(12)8-7-15-5-3-13-11(15)10-2-1-9-18-10/h1-3,5,9H,4,6-8H2,(H,14,17). The largest absolute Gasteiger partial charge is 0.461 e. The van der Waals surface area contributed by atoms with E-state index in [0.29, 0.717) is 13.1 Å². The molecule has 1 fully saturated rings. The lowest BCUT2D eigenvalue weighted by molar-refractivity contribution is 0.215. The lowest BCUT2D eigenvalue weighted by Crippen LogP contribution is -2.31. The summed E-state index contributed by atoms with van der Waals surface area (Å²) < 4.78 is 7.33. The SMILES string of the molecule is O=C1NCCN1CCn1ccnc1-c1ccco1. The third-order valence-electron chi connectivity index (χ3n) is 3.01. The van der Waals surface area contributed by atoms with Crippen molar-refractivity contribution in [2.24, 2.45) is 0 Å². The van der Waals surface area contributed by atoms with Crippen molar-refractivity contribution < 1.29 is 9.21 Å². The number of furan rings is 1. The van der Waals surface area contributed by atoms with Crippen LogP contribution in [0.4, 0.5) is 4.79 Å². The molecule has 3 heterocycles. The van der Waals surface area contributed by atoms with E-state index >= 15 is 0 Å². The van der Waals surface area contributed by atoms with Crippen molar-refractivity contribution in [3.05, 3.63) is 30.8 Å². The average molecular weight is 246 g/mol. The molecule has 0 bridgehead atoms. The molecule has 0 aliphatic carbocycles. The molecule has 2 aromatic rings. The molecular formula is C12H14N4O2. The maximum Gasteiger partial charge on any atom is 0.317 e. The lowest BCUT2D eigenvalue weighted by atomic mass is 10.4. The number of carbonyl (C=O) groups excluding carboxylic acids is 1. The predicted molar refractivity (Wildman–Crippen MR) is 64.9 cm³/mol. The van der Waals surface area contributed by atoms with Crippen molar-refractivity contribution in [2.45, 2.75) is 6.54 Å². The Morgan fingerprint density at radius 1 is 1.44 bits per heavy atom. The molecular weight excluding hydrogens is 232 g/mol. The Bertz CT molecular complexity index is 532. The summed E-state index contributed by atoms with van der Waals surface area (Å²) in [5.74, 6) is 1.53. The van der Waals surface area contributed by atoms with Gasteiger partial charge >= 0.3 is 6.03 Å². The summed E-state index contributed by atoms with van der Waals surface area (Å²) in [5, 5.41) is 2.79. The van der Waals surface area contributed by atoms with E-state index in [1.807, 2.05) is 22.9 Å². The van der Waals surface area contributed by atoms with Gasteiger partial charge in [-0.25, -0.2) is 9.78 Å². The number of nitrogens with zero attached hydrogens (tertiary/aromatic N) is 3. The van der Waals surface area contributed by atoms with E-state index in [-0.39, 0.29) is 6.03 Å². The highest BCUT2D eigenvalue weighted by molar-refractivity contribution is 5.76. The predicted octanol–water partition coefficient (Wildman–Crippen LogP) is 1.17. The van der Waals surface area contributed by atoms with Crippen LogP contribution in [0.2, 0.25) is 0 Å². The minimum absolute atomic E-state index is 0.00895. The second-order valence-corrected chi connectivity index (χ2v) is 4.14. The first kappa shape index (κ1) is 10.9. The Hall–Kier alpha value is -2.24. The van der Waals surface area contributed by atoms with Crippen LogP contribution >= 0.6 is 0 Å². The Morgan fingerprint density at radius 3 is 3.11 bits per heavy atom. The Labute approximate surface area is 104 Å². The second kappa shape index (κ2) is 4.56. The van der Waals surface area contributed by atoms with Crippen LogP contribution in [0.25, 0.3) is 11.6 Å². The van der Waals surface area contributed by atoms with Gasteiger partial charge in [-0.05, 0) is 12.1 Å². The molecule has 1 saturated heterocycles. The number of nitrogens with one attached hydrogen (secondary N) is 1. The van der Waals surface area contributed by atoms with Gasteiger partial charge in [0, 0.05) is 38.6 Å². The summed E-state index contributed by atoms with van der Waals surface area (Å²) in [5.41, 5.74) is 0. The third kappa shape index (κ3) is 1.97. The minimum Gasteiger partial charge on any atom is -0.461 e. The zero-order chi connectivity index (χ0) is 12.4. The summed E-state index contributed by atoms with van der Waals surface area (Å²) in [6.45, 7) is 2.89. The fourth-order valence-corrected chi connectivity index (χ4v) is 2.07. The van der Waals surface area contributed by atoms with Crippen LogP contribution in [0.5, 0.6) is 0 Å². The zero-order valence-electron chi connectivity index (χ0n) is 9.87. The Morgan fingerprint density at radius 2 is 2.39 bits per heavy atom. The molecule has 0 atom stereocenters. The van der Waals surface area contributed by atoms with Crippen LogP contribution in [0.3, 0.4) is 0 Å². The van der Waals surface area contributed by atoms with Gasteiger partial charge in [0.05, 0.1) is 6.26 Å². The number of imidazole rings is 1. The molecule has 0 saturated carbocycles. The molecule has 1 aliphatic rings. The Balaban J connectivity index is 1.70. The van der Waals surface area contributed by atoms with E-state index in [9.17, 15) is 4.79 Å². The van der Waals surface area contributed by atoms with Gasteiger partial charge in [0.1, 0.15) is 0 Å². The molecule has 1 N–H and O–H groups in total. The van der Waals surface area contributed by atoms with E-state index in [0.717, 1.165) is 24.7 Å². The first-order chi connectivity index (χ1) is 8.84. The molecule has 94 valence electrons. The van der Waals surface area contributed by atoms with Crippen LogP contribution in [0.15, 0.2) is 35.2 Å². The second-order valence-electron chi connectivity index (χ2n) is 4.14. The van der Waals surface area contributed by atoms with Gasteiger partial charge < -0.3 is 19.2 Å². The number of urea groups is 1. The van der Waals surface area contributed by atoms with Gasteiger partial charge in [0.15, 0.2) is 11.6 Å². The fraction of sp³-hybridized carbons (Fsp3) is 0.333. The first-order valence-corrected chi connectivity index (χ1v) is 5.92. The quantitative estimate of drug-likeness (QED) is 0.880. The minimum atomic E-state index is 0.00895. The summed E-state index contributed by atoms with van der Waals surface area (Å²) >= 11 is 0. The van der Waals surface area contributed by atoms with E-state index in [1.54, 1.807) is 17.4 Å². The van der Waals surface area contributed by atoms with Gasteiger partial charge in [0.25, 0.3) is 0 Å². The summed E-state index contributed by atoms with van der Waals surface area (Å²) in [6, 6.07) is 3.72. The van der Waals surface area contributed by atoms with Crippen molar-refractivity contribution in [3.63, 3.8) is 0 Å². The zero-order valence-corrected chi connectivity index (χ0v) is 9.87. The van der Waals surface area contributed by atoms with E-state index < -0.39 is 0 Å². The third-order valence-corrected chi connectivity index (χ3v) is 3.01. The number of aromatic nitrogens is 2. The smallest absolute Gasteiger partial charge is 0.317 e. The monoisotopic (exact) mass is 246 g/mol. The topological polar surface area (TPSA) is 63.3 Å². The number of amides is 2. The molecule has 0 aromatic carbocycles. The first-order valence-electron chi connectivity index (χ1n) is 5.92. The number of hydrogen-bond donors (Lipinski definition) is 1. The van der Waals surface area contributed by atoms with Gasteiger partial charge in [-0.2, -0.15) is 0 Å². The molecule has 1 aliphatic heterocycles. The van der Waals surface area contributed by atoms with Crippen LogP contribution in [0, 0.1) is 0 Å². The van der Waals surface area contributed by atoms with Crippen molar-refractivity contribution in [1.29, 1.82) is 0 Å². The lowest BCUT2D eigenvalue weighted by Gasteiger charge is -2.14. The summed E-state index contributed by atoms with van der Waals surface area (Å²) in [4.78, 5) is 17.5. The maximum atomic E-state index is 11.4. The van der Waals surface area contributed by atoms with Crippen LogP contribution in [-0.4, -0.2) is 40.1 Å². The number of hydrogen-bond acceptors (Lipinski definition) is 3. The van der Waals surface area contributed by atoms with E-state index in [4.69, 9.17) is 4.42 Å². The van der Waals surface area contributed by atoms with Crippen LogP contribution in [-0.2, 0) is 6.54 Å². The van der Waals surface area contributed by atoms with Crippen molar-refractivity contribution in [2.75, 3.05) is 19.6 Å². The highest BCUT2D eigenvalue weighted by Gasteiger charge is 2.19. The van der Waals surface area contributed by atoms with Gasteiger partial charge in [-0.15, -0.1) is 0 Å². The van der Waals surface area contributed by atoms with Gasteiger partial charge in [-0.3, -0.25) is 0 Å². The summed E-state index contributed by atoms with van der Waals surface area (Å²) in [7, 11) is 0. The molecule has 6 heteroatoms.